The predicted octanol–water partition coefficient (Wildman–Crippen LogP) is 3.13. The SMILES string of the molecule is CCCN1C(=O)C2Cc3c(n(Cc4ccc(C(=O)NOC5CCCCO5)cc4)c4ccccc34)CN2C1O. The molecule has 200 valence electrons. The molecular weight excluding hydrogens is 484 g/mol. The zero-order valence-electron chi connectivity index (χ0n) is 21.6. The van der Waals surface area contributed by atoms with E-state index in [1.54, 1.807) is 17.0 Å². The lowest BCUT2D eigenvalue weighted by Gasteiger charge is -2.31. The molecule has 0 radical (unpaired) electrons. The van der Waals surface area contributed by atoms with E-state index in [9.17, 15) is 14.7 Å². The molecule has 0 bridgehead atoms. The number of aromatic nitrogens is 1. The molecule has 0 aliphatic carbocycles. The van der Waals surface area contributed by atoms with Crippen molar-refractivity contribution in [3.63, 3.8) is 0 Å². The van der Waals surface area contributed by atoms with Crippen molar-refractivity contribution >= 4 is 22.7 Å². The van der Waals surface area contributed by atoms with Gasteiger partial charge in [-0.25, -0.2) is 15.2 Å². The molecule has 2 fully saturated rings. The molecule has 2 amide bonds. The minimum absolute atomic E-state index is 0.00900. The van der Waals surface area contributed by atoms with Gasteiger partial charge in [-0.05, 0) is 55.0 Å². The van der Waals surface area contributed by atoms with E-state index in [0.29, 0.717) is 38.2 Å². The molecule has 1 aromatic heterocycles. The fraction of sp³-hybridized carbons (Fsp3) is 0.448. The normalized spacial score (nSPS) is 23.5. The third-order valence-corrected chi connectivity index (χ3v) is 7.91. The number of para-hydroxylation sites is 1. The van der Waals surface area contributed by atoms with Gasteiger partial charge in [-0.2, -0.15) is 0 Å². The summed E-state index contributed by atoms with van der Waals surface area (Å²) in [5.74, 6) is -0.292. The molecule has 3 unspecified atom stereocenters. The zero-order chi connectivity index (χ0) is 26.2. The van der Waals surface area contributed by atoms with E-state index in [2.05, 4.69) is 22.2 Å². The molecule has 6 rings (SSSR count). The van der Waals surface area contributed by atoms with Crippen LogP contribution in [0.5, 0.6) is 0 Å². The summed E-state index contributed by atoms with van der Waals surface area (Å²) < 4.78 is 7.78. The van der Waals surface area contributed by atoms with Crippen molar-refractivity contribution in [1.29, 1.82) is 0 Å². The Kier molecular flexibility index (Phi) is 6.92. The zero-order valence-corrected chi connectivity index (χ0v) is 21.6. The van der Waals surface area contributed by atoms with E-state index in [1.165, 1.54) is 5.56 Å². The topological polar surface area (TPSA) is 96.3 Å². The van der Waals surface area contributed by atoms with Crippen LogP contribution in [0, 0.1) is 0 Å². The summed E-state index contributed by atoms with van der Waals surface area (Å²) in [7, 11) is 0. The monoisotopic (exact) mass is 518 g/mol. The van der Waals surface area contributed by atoms with Crippen molar-refractivity contribution in [2.45, 2.75) is 70.8 Å². The second-order valence-electron chi connectivity index (χ2n) is 10.3. The molecule has 2 aromatic carbocycles. The van der Waals surface area contributed by atoms with Crippen LogP contribution in [0.3, 0.4) is 0 Å². The number of carbonyl (C=O) groups is 2. The number of ether oxygens (including phenoxy) is 1. The lowest BCUT2D eigenvalue weighted by molar-refractivity contribution is -0.186. The van der Waals surface area contributed by atoms with Crippen molar-refractivity contribution in [1.82, 2.24) is 19.8 Å². The average molecular weight is 519 g/mol. The van der Waals surface area contributed by atoms with Gasteiger partial charge in [0.1, 0.15) is 0 Å². The van der Waals surface area contributed by atoms with Crippen LogP contribution in [0.4, 0.5) is 0 Å². The number of hydroxylamine groups is 1. The fourth-order valence-corrected chi connectivity index (χ4v) is 5.96. The second kappa shape index (κ2) is 10.5. The summed E-state index contributed by atoms with van der Waals surface area (Å²) in [5.41, 5.74) is 7.48. The number of aliphatic hydroxyl groups is 1. The summed E-state index contributed by atoms with van der Waals surface area (Å²) in [4.78, 5) is 34.6. The van der Waals surface area contributed by atoms with Crippen molar-refractivity contribution in [3.8, 4) is 0 Å². The molecular formula is C29H34N4O5. The summed E-state index contributed by atoms with van der Waals surface area (Å²) >= 11 is 0. The van der Waals surface area contributed by atoms with Gasteiger partial charge >= 0.3 is 0 Å². The maximum atomic E-state index is 13.1. The van der Waals surface area contributed by atoms with Crippen LogP contribution >= 0.6 is 0 Å². The molecule has 38 heavy (non-hydrogen) atoms. The van der Waals surface area contributed by atoms with Gasteiger partial charge in [0.15, 0.2) is 12.6 Å². The Morgan fingerprint density at radius 2 is 1.97 bits per heavy atom. The van der Waals surface area contributed by atoms with E-state index >= 15 is 0 Å². The summed E-state index contributed by atoms with van der Waals surface area (Å²) in [6, 6.07) is 15.5. The Bertz CT molecular complexity index is 1330. The lowest BCUT2D eigenvalue weighted by Crippen LogP contribution is -2.43. The molecule has 4 heterocycles. The first kappa shape index (κ1) is 25.1. The van der Waals surface area contributed by atoms with Crippen LogP contribution in [-0.4, -0.2) is 63.1 Å². The Morgan fingerprint density at radius 3 is 2.74 bits per heavy atom. The van der Waals surface area contributed by atoms with Gasteiger partial charge in [-0.3, -0.25) is 9.59 Å². The Hall–Kier alpha value is -3.24. The van der Waals surface area contributed by atoms with Gasteiger partial charge < -0.3 is 19.3 Å². The number of hydrogen-bond donors (Lipinski definition) is 2. The largest absolute Gasteiger partial charge is 0.361 e. The van der Waals surface area contributed by atoms with Gasteiger partial charge in [-0.15, -0.1) is 0 Å². The van der Waals surface area contributed by atoms with Gasteiger partial charge in [-0.1, -0.05) is 37.3 Å². The highest BCUT2D eigenvalue weighted by Crippen LogP contribution is 2.37. The van der Waals surface area contributed by atoms with Crippen LogP contribution < -0.4 is 5.48 Å². The minimum Gasteiger partial charge on any atom is -0.361 e. The quantitative estimate of drug-likeness (QED) is 0.467. The predicted molar refractivity (Wildman–Crippen MR) is 141 cm³/mol. The van der Waals surface area contributed by atoms with Gasteiger partial charge in [0.25, 0.3) is 5.91 Å². The van der Waals surface area contributed by atoms with Crippen molar-refractivity contribution in [3.05, 3.63) is 70.9 Å². The number of amides is 2. The number of nitrogens with zero attached hydrogens (tertiary/aromatic N) is 3. The maximum absolute atomic E-state index is 13.1. The Labute approximate surface area is 221 Å². The van der Waals surface area contributed by atoms with Crippen molar-refractivity contribution in [2.24, 2.45) is 0 Å². The highest BCUT2D eigenvalue weighted by Gasteiger charge is 2.48. The number of nitrogens with one attached hydrogen (secondary N) is 1. The third kappa shape index (κ3) is 4.49. The molecule has 3 atom stereocenters. The second-order valence-corrected chi connectivity index (χ2v) is 10.3. The average Bonchev–Trinajstić information content (AvgIpc) is 3.38. The Balaban J connectivity index is 1.22. The number of benzene rings is 2. The van der Waals surface area contributed by atoms with Gasteiger partial charge in [0, 0.05) is 54.8 Å². The summed E-state index contributed by atoms with van der Waals surface area (Å²) in [6.07, 6.45) is 2.92. The first-order valence-corrected chi connectivity index (χ1v) is 13.5. The molecule has 2 N–H and O–H groups in total. The minimum atomic E-state index is -0.897. The number of hydrogen-bond acceptors (Lipinski definition) is 6. The molecule has 3 aromatic rings. The highest BCUT2D eigenvalue weighted by atomic mass is 16.8. The number of carbonyl (C=O) groups excluding carboxylic acids is 2. The molecule has 3 aliphatic rings. The first-order chi connectivity index (χ1) is 18.5. The smallest absolute Gasteiger partial charge is 0.274 e. The number of rotatable bonds is 7. The Morgan fingerprint density at radius 1 is 1.16 bits per heavy atom. The van der Waals surface area contributed by atoms with E-state index < -0.39 is 12.6 Å². The number of aliphatic hydroxyl groups excluding tert-OH is 1. The van der Waals surface area contributed by atoms with Gasteiger partial charge in [0.05, 0.1) is 6.04 Å². The van der Waals surface area contributed by atoms with Crippen LogP contribution in [0.1, 0.15) is 59.8 Å². The molecule has 0 saturated carbocycles. The highest BCUT2D eigenvalue weighted by molar-refractivity contribution is 5.93. The van der Waals surface area contributed by atoms with Crippen molar-refractivity contribution in [2.75, 3.05) is 13.2 Å². The van der Waals surface area contributed by atoms with E-state index in [0.717, 1.165) is 47.8 Å². The van der Waals surface area contributed by atoms with E-state index in [4.69, 9.17) is 9.57 Å². The lowest BCUT2D eigenvalue weighted by atomic mass is 9.97. The van der Waals surface area contributed by atoms with E-state index in [1.807, 2.05) is 36.1 Å². The molecule has 0 spiro atoms. The fourth-order valence-electron chi connectivity index (χ4n) is 5.96. The summed E-state index contributed by atoms with van der Waals surface area (Å²) in [6.45, 7) is 4.34. The van der Waals surface area contributed by atoms with E-state index in [-0.39, 0.29) is 17.9 Å². The first-order valence-electron chi connectivity index (χ1n) is 13.5. The van der Waals surface area contributed by atoms with Gasteiger partial charge in [0.2, 0.25) is 5.91 Å². The van der Waals surface area contributed by atoms with Crippen LogP contribution in [0.15, 0.2) is 48.5 Å². The van der Waals surface area contributed by atoms with Crippen LogP contribution in [0.25, 0.3) is 10.9 Å². The van der Waals surface area contributed by atoms with Crippen LogP contribution in [-0.2, 0) is 33.9 Å². The maximum Gasteiger partial charge on any atom is 0.274 e. The molecule has 9 nitrogen and oxygen atoms in total. The standard InChI is InChI=1S/C29H34N4O5/c1-2-14-31-28(35)24-16-22-21-7-3-4-8-23(21)32(25(22)18-33(24)29(31)36)17-19-10-12-20(13-11-19)27(34)30-38-26-9-5-6-15-37-26/h3-4,7-8,10-13,24,26,29,36H,2,5-6,9,14-18H2,1H3,(H,30,34). The number of fused-ring (bicyclic) bond motifs is 4. The molecule has 3 aliphatic heterocycles. The summed E-state index contributed by atoms with van der Waals surface area (Å²) in [5, 5.41) is 12.1. The van der Waals surface area contributed by atoms with Crippen molar-refractivity contribution < 1.29 is 24.3 Å². The molecule has 2 saturated heterocycles. The molecule has 9 heteroatoms. The third-order valence-electron chi connectivity index (χ3n) is 7.91. The van der Waals surface area contributed by atoms with Crippen LogP contribution in [0.2, 0.25) is 0 Å².